The molecule has 0 spiro atoms. The first-order valence-corrected chi connectivity index (χ1v) is 12.1. The Labute approximate surface area is 204 Å². The average Bonchev–Trinajstić information content (AvgIpc) is 3.40. The van der Waals surface area contributed by atoms with Gasteiger partial charge in [-0.25, -0.2) is 4.98 Å². The molecule has 10 nitrogen and oxygen atoms in total. The van der Waals surface area contributed by atoms with E-state index < -0.39 is 6.04 Å². The van der Waals surface area contributed by atoms with Crippen molar-refractivity contribution in [2.75, 3.05) is 5.32 Å². The third kappa shape index (κ3) is 5.59. The largest absolute Gasteiger partial charge is 0.392 e. The summed E-state index contributed by atoms with van der Waals surface area (Å²) in [5.41, 5.74) is 3.17. The van der Waals surface area contributed by atoms with E-state index in [9.17, 15) is 14.7 Å². The van der Waals surface area contributed by atoms with Gasteiger partial charge < -0.3 is 20.3 Å². The molecule has 0 bridgehead atoms. The topological polar surface area (TPSA) is 135 Å². The summed E-state index contributed by atoms with van der Waals surface area (Å²) < 4.78 is 6.66. The van der Waals surface area contributed by atoms with E-state index in [-0.39, 0.29) is 24.3 Å². The first-order chi connectivity index (χ1) is 17.0. The van der Waals surface area contributed by atoms with E-state index in [4.69, 9.17) is 4.52 Å². The SMILES string of the molecule is CCc1nocc1C(=O)N[C@H](C(=O)Nc1ccc(-c2c(CO)cnn2C)cn1)C1CCCCCC1. The molecular weight excluding hydrogens is 448 g/mol. The van der Waals surface area contributed by atoms with Crippen molar-refractivity contribution in [3.8, 4) is 11.3 Å². The van der Waals surface area contributed by atoms with Crippen LogP contribution in [-0.2, 0) is 24.9 Å². The molecule has 0 aliphatic heterocycles. The summed E-state index contributed by atoms with van der Waals surface area (Å²) >= 11 is 0. The first-order valence-electron chi connectivity index (χ1n) is 12.1. The summed E-state index contributed by atoms with van der Waals surface area (Å²) in [6.07, 6.45) is 11.2. The third-order valence-electron chi connectivity index (χ3n) is 6.64. The zero-order valence-electron chi connectivity index (χ0n) is 20.2. The number of hydrogen-bond donors (Lipinski definition) is 3. The molecule has 4 rings (SSSR count). The van der Waals surface area contributed by atoms with E-state index in [0.717, 1.165) is 49.8 Å². The number of anilines is 1. The van der Waals surface area contributed by atoms with Crippen LogP contribution >= 0.6 is 0 Å². The predicted molar refractivity (Wildman–Crippen MR) is 129 cm³/mol. The van der Waals surface area contributed by atoms with Gasteiger partial charge in [0.2, 0.25) is 5.91 Å². The Morgan fingerprint density at radius 3 is 2.63 bits per heavy atom. The molecule has 1 atom stereocenters. The van der Waals surface area contributed by atoms with Gasteiger partial charge in [0, 0.05) is 24.4 Å². The van der Waals surface area contributed by atoms with Gasteiger partial charge >= 0.3 is 0 Å². The number of aliphatic hydroxyl groups excluding tert-OH is 1. The van der Waals surface area contributed by atoms with Crippen LogP contribution in [0.1, 0.15) is 67.1 Å². The Balaban J connectivity index is 1.52. The van der Waals surface area contributed by atoms with Crippen molar-refractivity contribution in [2.45, 2.75) is 64.5 Å². The van der Waals surface area contributed by atoms with Crippen molar-refractivity contribution >= 4 is 17.6 Å². The highest BCUT2D eigenvalue weighted by molar-refractivity contribution is 6.01. The number of amides is 2. The number of rotatable bonds is 8. The smallest absolute Gasteiger partial charge is 0.257 e. The molecule has 3 aromatic heterocycles. The Hall–Kier alpha value is -3.53. The predicted octanol–water partition coefficient (Wildman–Crippen LogP) is 3.23. The van der Waals surface area contributed by atoms with E-state index >= 15 is 0 Å². The summed E-state index contributed by atoms with van der Waals surface area (Å²) in [4.78, 5) is 30.8. The van der Waals surface area contributed by atoms with Gasteiger partial charge in [-0.2, -0.15) is 5.10 Å². The lowest BCUT2D eigenvalue weighted by molar-refractivity contribution is -0.119. The standard InChI is InChI=1S/C25H32N6O4/c1-3-20-19(15-35-30-20)24(33)29-22(16-8-6-4-5-7-9-16)25(34)28-21-11-10-17(12-26-21)23-18(14-32)13-27-31(23)2/h10-13,15-16,22,32H,3-9,14H2,1-2H3,(H,29,33)(H,26,28,34)/t22-/m0/s1. The van der Waals surface area contributed by atoms with Gasteiger partial charge in [0.25, 0.3) is 5.91 Å². The fourth-order valence-corrected chi connectivity index (χ4v) is 4.74. The fraction of sp³-hybridized carbons (Fsp3) is 0.480. The summed E-state index contributed by atoms with van der Waals surface area (Å²) in [6.45, 7) is 1.77. The zero-order valence-corrected chi connectivity index (χ0v) is 20.2. The molecule has 1 aliphatic carbocycles. The van der Waals surface area contributed by atoms with E-state index in [0.29, 0.717) is 29.1 Å². The maximum Gasteiger partial charge on any atom is 0.257 e. The monoisotopic (exact) mass is 480 g/mol. The second-order valence-corrected chi connectivity index (χ2v) is 8.95. The highest BCUT2D eigenvalue weighted by Crippen LogP contribution is 2.27. The van der Waals surface area contributed by atoms with Gasteiger partial charge in [0.15, 0.2) is 0 Å². The number of nitrogens with one attached hydrogen (secondary N) is 2. The molecule has 35 heavy (non-hydrogen) atoms. The minimum Gasteiger partial charge on any atom is -0.392 e. The molecule has 1 fully saturated rings. The molecule has 1 saturated carbocycles. The minimum absolute atomic E-state index is 0.0345. The third-order valence-corrected chi connectivity index (χ3v) is 6.64. The molecule has 1 aliphatic rings. The summed E-state index contributed by atoms with van der Waals surface area (Å²) in [5, 5.41) is 23.5. The lowest BCUT2D eigenvalue weighted by atomic mass is 9.90. The van der Waals surface area contributed by atoms with Crippen molar-refractivity contribution in [1.82, 2.24) is 25.2 Å². The molecular formula is C25H32N6O4. The number of aryl methyl sites for hydroxylation is 2. The van der Waals surface area contributed by atoms with Crippen LogP contribution in [0.4, 0.5) is 5.82 Å². The normalized spacial score (nSPS) is 15.4. The molecule has 0 unspecified atom stereocenters. The Kier molecular flexibility index (Phi) is 7.91. The number of aromatic nitrogens is 4. The molecule has 3 aromatic rings. The molecule has 0 radical (unpaired) electrons. The Morgan fingerprint density at radius 2 is 1.97 bits per heavy atom. The maximum atomic E-state index is 13.4. The molecule has 186 valence electrons. The zero-order chi connectivity index (χ0) is 24.8. The van der Waals surface area contributed by atoms with Gasteiger partial charge in [-0.1, -0.05) is 37.8 Å². The number of carbonyl (C=O) groups excluding carboxylic acids is 2. The first kappa shape index (κ1) is 24.6. The number of pyridine rings is 1. The molecule has 2 amide bonds. The highest BCUT2D eigenvalue weighted by atomic mass is 16.5. The molecule has 0 saturated heterocycles. The van der Waals surface area contributed by atoms with Gasteiger partial charge in [-0.3, -0.25) is 14.3 Å². The van der Waals surface area contributed by atoms with Crippen LogP contribution in [0.3, 0.4) is 0 Å². The maximum absolute atomic E-state index is 13.4. The van der Waals surface area contributed by atoms with E-state index in [1.165, 1.54) is 6.26 Å². The molecule has 10 heteroatoms. The minimum atomic E-state index is -0.695. The van der Waals surface area contributed by atoms with Gasteiger partial charge in [0.1, 0.15) is 23.7 Å². The summed E-state index contributed by atoms with van der Waals surface area (Å²) in [7, 11) is 1.80. The number of hydrogen-bond acceptors (Lipinski definition) is 7. The van der Waals surface area contributed by atoms with Crippen LogP contribution in [0, 0.1) is 5.92 Å². The van der Waals surface area contributed by atoms with Crippen LogP contribution in [0.25, 0.3) is 11.3 Å². The van der Waals surface area contributed by atoms with Crippen molar-refractivity contribution in [2.24, 2.45) is 13.0 Å². The van der Waals surface area contributed by atoms with Gasteiger partial charge in [-0.15, -0.1) is 0 Å². The van der Waals surface area contributed by atoms with Crippen molar-refractivity contribution in [1.29, 1.82) is 0 Å². The van der Waals surface area contributed by atoms with Crippen molar-refractivity contribution in [3.05, 3.63) is 47.6 Å². The summed E-state index contributed by atoms with van der Waals surface area (Å²) in [6, 6.07) is 2.84. The second-order valence-electron chi connectivity index (χ2n) is 8.95. The quantitative estimate of drug-likeness (QED) is 0.421. The van der Waals surface area contributed by atoms with Crippen LogP contribution in [0.5, 0.6) is 0 Å². The van der Waals surface area contributed by atoms with E-state index in [1.54, 1.807) is 30.2 Å². The number of carbonyl (C=O) groups is 2. The van der Waals surface area contributed by atoms with Crippen LogP contribution in [0.15, 0.2) is 35.3 Å². The Morgan fingerprint density at radius 1 is 1.20 bits per heavy atom. The van der Waals surface area contributed by atoms with E-state index in [2.05, 4.69) is 25.9 Å². The van der Waals surface area contributed by atoms with Crippen molar-refractivity contribution < 1.29 is 19.2 Å². The number of nitrogens with zero attached hydrogens (tertiary/aromatic N) is 4. The van der Waals surface area contributed by atoms with Crippen LogP contribution in [0.2, 0.25) is 0 Å². The fourth-order valence-electron chi connectivity index (χ4n) is 4.74. The lowest BCUT2D eigenvalue weighted by Gasteiger charge is -2.26. The second kappa shape index (κ2) is 11.3. The average molecular weight is 481 g/mol. The lowest BCUT2D eigenvalue weighted by Crippen LogP contribution is -2.48. The Bertz CT molecular complexity index is 1150. The summed E-state index contributed by atoms with van der Waals surface area (Å²) in [5.74, 6) is -0.231. The van der Waals surface area contributed by atoms with Crippen molar-refractivity contribution in [3.63, 3.8) is 0 Å². The van der Waals surface area contributed by atoms with Gasteiger partial charge in [0.05, 0.1) is 24.2 Å². The molecule has 3 N–H and O–H groups in total. The highest BCUT2D eigenvalue weighted by Gasteiger charge is 2.32. The molecule has 3 heterocycles. The van der Waals surface area contributed by atoms with E-state index in [1.807, 2.05) is 13.0 Å². The van der Waals surface area contributed by atoms with Crippen LogP contribution < -0.4 is 10.6 Å². The van der Waals surface area contributed by atoms with Crippen LogP contribution in [-0.4, -0.2) is 42.9 Å². The van der Waals surface area contributed by atoms with Gasteiger partial charge in [-0.05, 0) is 37.3 Å². The molecule has 0 aromatic carbocycles. The number of aliphatic hydroxyl groups is 1.